The lowest BCUT2D eigenvalue weighted by molar-refractivity contribution is 0.475. The zero-order chi connectivity index (χ0) is 9.26. The Balaban J connectivity index is 2.53. The van der Waals surface area contributed by atoms with E-state index in [0.29, 0.717) is 10.8 Å². The van der Waals surface area contributed by atoms with E-state index in [9.17, 15) is 0 Å². The molecular formula is C9H7ClN2O. The largest absolute Gasteiger partial charge is 0.508 e. The topological polar surface area (TPSA) is 48.9 Å². The van der Waals surface area contributed by atoms with Gasteiger partial charge in [0.2, 0.25) is 0 Å². The standard InChI is InChI=1S/C9H7ClN2O/c10-8-5-6(13)1-2-7(8)9-11-3-4-12-9/h1-5,13H,(H,11,12). The van der Waals surface area contributed by atoms with Crippen LogP contribution in [0.3, 0.4) is 0 Å². The van der Waals surface area contributed by atoms with Crippen LogP contribution in [0.5, 0.6) is 5.75 Å². The van der Waals surface area contributed by atoms with Crippen LogP contribution in [-0.4, -0.2) is 15.1 Å². The van der Waals surface area contributed by atoms with Crippen molar-refractivity contribution in [3.63, 3.8) is 0 Å². The number of imidazole rings is 1. The first-order valence-electron chi connectivity index (χ1n) is 3.75. The maximum atomic E-state index is 9.12. The van der Waals surface area contributed by atoms with Gasteiger partial charge < -0.3 is 10.1 Å². The summed E-state index contributed by atoms with van der Waals surface area (Å²) in [6.07, 6.45) is 3.37. The van der Waals surface area contributed by atoms with Crippen molar-refractivity contribution in [3.05, 3.63) is 35.6 Å². The molecule has 2 rings (SSSR count). The van der Waals surface area contributed by atoms with E-state index in [-0.39, 0.29) is 5.75 Å². The predicted molar refractivity (Wildman–Crippen MR) is 50.7 cm³/mol. The van der Waals surface area contributed by atoms with E-state index in [2.05, 4.69) is 9.97 Å². The maximum absolute atomic E-state index is 9.12. The third-order valence-corrected chi connectivity index (χ3v) is 2.02. The molecule has 1 heterocycles. The molecule has 66 valence electrons. The summed E-state index contributed by atoms with van der Waals surface area (Å²) < 4.78 is 0. The van der Waals surface area contributed by atoms with E-state index >= 15 is 0 Å². The van der Waals surface area contributed by atoms with Crippen LogP contribution >= 0.6 is 11.6 Å². The zero-order valence-corrected chi connectivity index (χ0v) is 7.42. The van der Waals surface area contributed by atoms with Gasteiger partial charge in [-0.3, -0.25) is 0 Å². The quantitative estimate of drug-likeness (QED) is 0.733. The Hall–Kier alpha value is -1.48. The second kappa shape index (κ2) is 3.11. The molecule has 0 radical (unpaired) electrons. The molecule has 2 N–H and O–H groups in total. The summed E-state index contributed by atoms with van der Waals surface area (Å²) in [6.45, 7) is 0. The molecule has 2 aromatic rings. The highest BCUT2D eigenvalue weighted by Crippen LogP contribution is 2.28. The van der Waals surface area contributed by atoms with Gasteiger partial charge >= 0.3 is 0 Å². The molecule has 0 atom stereocenters. The number of phenolic OH excluding ortho intramolecular Hbond substituents is 1. The Morgan fingerprint density at radius 1 is 1.38 bits per heavy atom. The molecule has 4 heteroatoms. The molecule has 0 bridgehead atoms. The number of hydrogen-bond donors (Lipinski definition) is 2. The molecule has 0 aliphatic heterocycles. The van der Waals surface area contributed by atoms with Gasteiger partial charge in [-0.1, -0.05) is 11.6 Å². The predicted octanol–water partition coefficient (Wildman–Crippen LogP) is 2.44. The number of H-pyrrole nitrogens is 1. The van der Waals surface area contributed by atoms with Crippen molar-refractivity contribution in [1.82, 2.24) is 9.97 Å². The Labute approximate surface area is 80.0 Å². The summed E-state index contributed by atoms with van der Waals surface area (Å²) in [7, 11) is 0. The molecule has 0 saturated heterocycles. The minimum absolute atomic E-state index is 0.153. The van der Waals surface area contributed by atoms with Gasteiger partial charge in [0.05, 0.1) is 5.02 Å². The lowest BCUT2D eigenvalue weighted by atomic mass is 10.2. The fraction of sp³-hybridized carbons (Fsp3) is 0. The summed E-state index contributed by atoms with van der Waals surface area (Å²) in [5, 5.41) is 9.60. The molecule has 1 aromatic heterocycles. The van der Waals surface area contributed by atoms with Crippen LogP contribution in [0, 0.1) is 0 Å². The molecule has 0 unspecified atom stereocenters. The van der Waals surface area contributed by atoms with Gasteiger partial charge in [-0.15, -0.1) is 0 Å². The Morgan fingerprint density at radius 2 is 2.23 bits per heavy atom. The molecule has 0 spiro atoms. The first kappa shape index (κ1) is 8.13. The smallest absolute Gasteiger partial charge is 0.138 e. The van der Waals surface area contributed by atoms with Crippen LogP contribution in [-0.2, 0) is 0 Å². The number of aromatic hydroxyl groups is 1. The summed E-state index contributed by atoms with van der Waals surface area (Å²) in [5.41, 5.74) is 0.782. The fourth-order valence-electron chi connectivity index (χ4n) is 1.11. The second-order valence-electron chi connectivity index (χ2n) is 2.60. The van der Waals surface area contributed by atoms with Crippen molar-refractivity contribution in [3.8, 4) is 17.1 Å². The third kappa shape index (κ3) is 1.51. The van der Waals surface area contributed by atoms with Gasteiger partial charge in [0.25, 0.3) is 0 Å². The maximum Gasteiger partial charge on any atom is 0.138 e. The van der Waals surface area contributed by atoms with Crippen LogP contribution in [0.2, 0.25) is 5.02 Å². The average Bonchev–Trinajstić information content (AvgIpc) is 2.56. The van der Waals surface area contributed by atoms with E-state index in [1.54, 1.807) is 24.5 Å². The highest BCUT2D eigenvalue weighted by molar-refractivity contribution is 6.33. The van der Waals surface area contributed by atoms with Gasteiger partial charge in [0, 0.05) is 18.0 Å². The minimum Gasteiger partial charge on any atom is -0.508 e. The molecule has 0 amide bonds. The lowest BCUT2D eigenvalue weighted by Crippen LogP contribution is -1.81. The lowest BCUT2D eigenvalue weighted by Gasteiger charge is -2.00. The number of nitrogens with one attached hydrogen (secondary N) is 1. The first-order chi connectivity index (χ1) is 6.27. The van der Waals surface area contributed by atoms with Crippen LogP contribution < -0.4 is 0 Å². The first-order valence-corrected chi connectivity index (χ1v) is 4.13. The number of nitrogens with zero attached hydrogens (tertiary/aromatic N) is 1. The van der Waals surface area contributed by atoms with Gasteiger partial charge in [-0.25, -0.2) is 4.98 Å². The molecule has 0 saturated carbocycles. The number of halogens is 1. The molecular weight excluding hydrogens is 188 g/mol. The summed E-state index contributed by atoms with van der Waals surface area (Å²) in [4.78, 5) is 6.99. The van der Waals surface area contributed by atoms with E-state index in [4.69, 9.17) is 16.7 Å². The summed E-state index contributed by atoms with van der Waals surface area (Å²) >= 11 is 5.90. The van der Waals surface area contributed by atoms with Crippen molar-refractivity contribution in [2.24, 2.45) is 0 Å². The molecule has 1 aromatic carbocycles. The summed E-state index contributed by atoms with van der Waals surface area (Å²) in [6, 6.07) is 4.78. The van der Waals surface area contributed by atoms with Gasteiger partial charge in [-0.2, -0.15) is 0 Å². The van der Waals surface area contributed by atoms with Crippen molar-refractivity contribution in [1.29, 1.82) is 0 Å². The monoisotopic (exact) mass is 194 g/mol. The molecule has 0 aliphatic carbocycles. The average molecular weight is 195 g/mol. The Kier molecular flexibility index (Phi) is 1.94. The number of hydrogen-bond acceptors (Lipinski definition) is 2. The molecule has 0 aliphatic rings. The van der Waals surface area contributed by atoms with E-state index < -0.39 is 0 Å². The normalized spacial score (nSPS) is 10.2. The van der Waals surface area contributed by atoms with Crippen LogP contribution in [0.25, 0.3) is 11.4 Å². The van der Waals surface area contributed by atoms with Crippen molar-refractivity contribution in [2.75, 3.05) is 0 Å². The number of rotatable bonds is 1. The number of aromatic nitrogens is 2. The van der Waals surface area contributed by atoms with E-state index in [1.165, 1.54) is 6.07 Å². The highest BCUT2D eigenvalue weighted by Gasteiger charge is 2.05. The van der Waals surface area contributed by atoms with Crippen molar-refractivity contribution in [2.45, 2.75) is 0 Å². The third-order valence-electron chi connectivity index (χ3n) is 1.71. The van der Waals surface area contributed by atoms with Crippen molar-refractivity contribution < 1.29 is 5.11 Å². The minimum atomic E-state index is 0.153. The van der Waals surface area contributed by atoms with Crippen LogP contribution in [0.1, 0.15) is 0 Å². The summed E-state index contributed by atoms with van der Waals surface area (Å²) in [5.74, 6) is 0.852. The van der Waals surface area contributed by atoms with Gasteiger partial charge in [0.15, 0.2) is 0 Å². The number of aromatic amines is 1. The fourth-order valence-corrected chi connectivity index (χ4v) is 1.37. The Bertz CT molecular complexity index is 412. The number of phenols is 1. The van der Waals surface area contributed by atoms with Crippen LogP contribution in [0.4, 0.5) is 0 Å². The van der Waals surface area contributed by atoms with Gasteiger partial charge in [0.1, 0.15) is 11.6 Å². The molecule has 0 fully saturated rings. The number of benzene rings is 1. The van der Waals surface area contributed by atoms with E-state index in [1.807, 2.05) is 0 Å². The molecule has 13 heavy (non-hydrogen) atoms. The SMILES string of the molecule is Oc1ccc(-c2ncc[nH]2)c(Cl)c1. The van der Waals surface area contributed by atoms with E-state index in [0.717, 1.165) is 5.56 Å². The second-order valence-corrected chi connectivity index (χ2v) is 3.01. The zero-order valence-electron chi connectivity index (χ0n) is 6.66. The van der Waals surface area contributed by atoms with Crippen molar-refractivity contribution >= 4 is 11.6 Å². The highest BCUT2D eigenvalue weighted by atomic mass is 35.5. The Morgan fingerprint density at radius 3 is 2.85 bits per heavy atom. The van der Waals surface area contributed by atoms with Crippen LogP contribution in [0.15, 0.2) is 30.6 Å². The van der Waals surface area contributed by atoms with Gasteiger partial charge in [-0.05, 0) is 18.2 Å². The molecule has 3 nitrogen and oxygen atoms in total.